The van der Waals surface area contributed by atoms with E-state index in [0.29, 0.717) is 12.5 Å². The fraction of sp³-hybridized carbons (Fsp3) is 0.682. The van der Waals surface area contributed by atoms with E-state index in [9.17, 15) is 0 Å². The Balaban J connectivity index is 1.71. The molecule has 6 heteroatoms. The van der Waals surface area contributed by atoms with E-state index in [2.05, 4.69) is 34.4 Å². The zero-order valence-corrected chi connectivity index (χ0v) is 18.2. The van der Waals surface area contributed by atoms with Gasteiger partial charge in [0.25, 0.3) is 0 Å². The van der Waals surface area contributed by atoms with Gasteiger partial charge in [-0.1, -0.05) is 19.9 Å². The first kappa shape index (κ1) is 22.3. The number of piperidine rings is 1. The maximum atomic E-state index is 5.97. The third kappa shape index (κ3) is 7.97. The van der Waals surface area contributed by atoms with Crippen LogP contribution in [0, 0.1) is 11.8 Å². The number of aliphatic imine (C=N–C) groups is 1. The molecule has 0 saturated carbocycles. The predicted molar refractivity (Wildman–Crippen MR) is 116 cm³/mol. The van der Waals surface area contributed by atoms with Gasteiger partial charge in [0.2, 0.25) is 0 Å². The number of likely N-dealkylation sites (tertiary alicyclic amines) is 1. The highest BCUT2D eigenvalue weighted by molar-refractivity contribution is 5.79. The molecule has 1 heterocycles. The summed E-state index contributed by atoms with van der Waals surface area (Å²) in [6.07, 6.45) is 2.59. The van der Waals surface area contributed by atoms with E-state index >= 15 is 0 Å². The molecule has 1 aromatic rings. The van der Waals surface area contributed by atoms with Crippen LogP contribution in [0.3, 0.4) is 0 Å². The Bertz CT molecular complexity index is 606. The van der Waals surface area contributed by atoms with Gasteiger partial charge in [0.1, 0.15) is 17.6 Å². The maximum absolute atomic E-state index is 5.97. The Morgan fingerprint density at radius 1 is 1.25 bits per heavy atom. The predicted octanol–water partition coefficient (Wildman–Crippen LogP) is 3.00. The van der Waals surface area contributed by atoms with Crippen molar-refractivity contribution in [2.24, 2.45) is 16.8 Å². The summed E-state index contributed by atoms with van der Waals surface area (Å²) in [5.41, 5.74) is 0. The molecule has 0 spiro atoms. The van der Waals surface area contributed by atoms with E-state index in [1.54, 1.807) is 7.11 Å². The van der Waals surface area contributed by atoms with Gasteiger partial charge in [0.05, 0.1) is 13.7 Å². The molecule has 0 radical (unpaired) electrons. The molecule has 0 aliphatic carbocycles. The summed E-state index contributed by atoms with van der Waals surface area (Å²) in [6, 6.07) is 7.68. The quantitative estimate of drug-likeness (QED) is 0.501. The average molecular weight is 391 g/mol. The lowest BCUT2D eigenvalue weighted by molar-refractivity contribution is 0.159. The third-order valence-electron chi connectivity index (χ3n) is 4.94. The summed E-state index contributed by atoms with van der Waals surface area (Å²) in [5.74, 6) is 3.85. The minimum absolute atomic E-state index is 0.0156. The van der Waals surface area contributed by atoms with Crippen LogP contribution in [0.15, 0.2) is 29.3 Å². The molecule has 1 saturated heterocycles. The first-order valence-electron chi connectivity index (χ1n) is 10.5. The van der Waals surface area contributed by atoms with Crippen molar-refractivity contribution >= 4 is 5.96 Å². The van der Waals surface area contributed by atoms with Crippen LogP contribution in [0.25, 0.3) is 0 Å². The van der Waals surface area contributed by atoms with E-state index < -0.39 is 0 Å². The number of rotatable bonds is 9. The van der Waals surface area contributed by atoms with Crippen LogP contribution < -0.4 is 20.1 Å². The first-order valence-corrected chi connectivity index (χ1v) is 10.5. The Kier molecular flexibility index (Phi) is 9.41. The number of ether oxygens (including phenoxy) is 2. The monoisotopic (exact) mass is 390 g/mol. The molecule has 0 aromatic heterocycles. The molecular formula is C22H38N4O2. The molecule has 2 unspecified atom stereocenters. The van der Waals surface area contributed by atoms with Crippen molar-refractivity contribution in [1.82, 2.24) is 15.5 Å². The van der Waals surface area contributed by atoms with Crippen LogP contribution in [0.1, 0.15) is 33.6 Å². The molecule has 28 heavy (non-hydrogen) atoms. The topological polar surface area (TPSA) is 58.1 Å². The average Bonchev–Trinajstić information content (AvgIpc) is 2.68. The summed E-state index contributed by atoms with van der Waals surface area (Å²) >= 11 is 0. The Labute approximate surface area is 170 Å². The molecule has 0 bridgehead atoms. The lowest BCUT2D eigenvalue weighted by Gasteiger charge is -2.34. The first-order chi connectivity index (χ1) is 13.5. The van der Waals surface area contributed by atoms with Gasteiger partial charge in [-0.05, 0) is 50.3 Å². The van der Waals surface area contributed by atoms with Crippen LogP contribution in [0.5, 0.6) is 11.5 Å². The van der Waals surface area contributed by atoms with E-state index in [1.165, 1.54) is 32.5 Å². The van der Waals surface area contributed by atoms with Crippen molar-refractivity contribution in [2.45, 2.75) is 39.7 Å². The van der Waals surface area contributed by atoms with E-state index in [4.69, 9.17) is 9.47 Å². The van der Waals surface area contributed by atoms with Gasteiger partial charge in [0, 0.05) is 32.7 Å². The highest BCUT2D eigenvalue weighted by Crippen LogP contribution is 2.20. The molecule has 0 amide bonds. The number of hydrogen-bond acceptors (Lipinski definition) is 4. The number of hydrogen-bond donors (Lipinski definition) is 2. The normalized spacial score (nSPS) is 19.4. The summed E-state index contributed by atoms with van der Waals surface area (Å²) in [5, 5.41) is 6.86. The lowest BCUT2D eigenvalue weighted by Crippen LogP contribution is -2.46. The fourth-order valence-corrected chi connectivity index (χ4v) is 3.65. The molecule has 2 atom stereocenters. The van der Waals surface area contributed by atoms with Gasteiger partial charge in [0.15, 0.2) is 5.96 Å². The minimum Gasteiger partial charge on any atom is -0.497 e. The van der Waals surface area contributed by atoms with Gasteiger partial charge in [-0.3, -0.25) is 4.99 Å². The summed E-state index contributed by atoms with van der Waals surface area (Å²) in [7, 11) is 3.48. The van der Waals surface area contributed by atoms with E-state index in [1.807, 2.05) is 38.2 Å². The van der Waals surface area contributed by atoms with Crippen LogP contribution in [-0.4, -0.2) is 63.8 Å². The molecule has 2 N–H and O–H groups in total. The van der Waals surface area contributed by atoms with Gasteiger partial charge in [-0.25, -0.2) is 0 Å². The number of nitrogens with one attached hydrogen (secondary N) is 2. The summed E-state index contributed by atoms with van der Waals surface area (Å²) in [4.78, 5) is 6.95. The Hall–Kier alpha value is -1.95. The molecular weight excluding hydrogens is 352 g/mol. The van der Waals surface area contributed by atoms with Crippen molar-refractivity contribution in [3.63, 3.8) is 0 Å². The molecule has 1 aromatic carbocycles. The highest BCUT2D eigenvalue weighted by Gasteiger charge is 2.20. The van der Waals surface area contributed by atoms with Crippen LogP contribution in [0.2, 0.25) is 0 Å². The van der Waals surface area contributed by atoms with Gasteiger partial charge in [-0.2, -0.15) is 0 Å². The Morgan fingerprint density at radius 3 is 2.75 bits per heavy atom. The van der Waals surface area contributed by atoms with Crippen molar-refractivity contribution in [1.29, 1.82) is 0 Å². The molecule has 158 valence electrons. The lowest BCUT2D eigenvalue weighted by atomic mass is 9.97. The van der Waals surface area contributed by atoms with Crippen molar-refractivity contribution in [2.75, 3.05) is 46.9 Å². The second-order valence-electron chi connectivity index (χ2n) is 8.10. The highest BCUT2D eigenvalue weighted by atomic mass is 16.5. The van der Waals surface area contributed by atoms with Crippen LogP contribution in [0.4, 0.5) is 0 Å². The molecule has 1 aliphatic rings. The van der Waals surface area contributed by atoms with Gasteiger partial charge >= 0.3 is 0 Å². The SMILES string of the molecule is CN=C(NCC1CCCN(CC(C)C)C1)NCC(C)Oc1cccc(OC)c1. The number of methoxy groups -OCH3 is 1. The number of guanidine groups is 1. The zero-order chi connectivity index (χ0) is 20.4. The van der Waals surface area contributed by atoms with Crippen LogP contribution >= 0.6 is 0 Å². The number of nitrogens with zero attached hydrogens (tertiary/aromatic N) is 2. The second kappa shape index (κ2) is 11.8. The van der Waals surface area contributed by atoms with Gasteiger partial charge in [-0.15, -0.1) is 0 Å². The summed E-state index contributed by atoms with van der Waals surface area (Å²) in [6.45, 7) is 11.9. The zero-order valence-electron chi connectivity index (χ0n) is 18.2. The maximum Gasteiger partial charge on any atom is 0.191 e. The fourth-order valence-electron chi connectivity index (χ4n) is 3.65. The molecule has 6 nitrogen and oxygen atoms in total. The number of benzene rings is 1. The van der Waals surface area contributed by atoms with Crippen molar-refractivity contribution < 1.29 is 9.47 Å². The van der Waals surface area contributed by atoms with E-state index in [0.717, 1.165) is 29.9 Å². The molecule has 2 rings (SSSR count). The summed E-state index contributed by atoms with van der Waals surface area (Å²) < 4.78 is 11.2. The molecule has 1 aliphatic heterocycles. The largest absolute Gasteiger partial charge is 0.497 e. The minimum atomic E-state index is 0.0156. The second-order valence-corrected chi connectivity index (χ2v) is 8.10. The van der Waals surface area contributed by atoms with E-state index in [-0.39, 0.29) is 6.10 Å². The third-order valence-corrected chi connectivity index (χ3v) is 4.94. The Morgan fingerprint density at radius 2 is 2.04 bits per heavy atom. The van der Waals surface area contributed by atoms with Crippen LogP contribution in [-0.2, 0) is 0 Å². The van der Waals surface area contributed by atoms with Crippen molar-refractivity contribution in [3.05, 3.63) is 24.3 Å². The van der Waals surface area contributed by atoms with Crippen molar-refractivity contribution in [3.8, 4) is 11.5 Å². The standard InChI is InChI=1S/C22H38N4O2/c1-17(2)15-26-11-7-8-19(16-26)14-25-22(23-4)24-13-18(3)28-21-10-6-9-20(12-21)27-5/h6,9-10,12,17-19H,7-8,11,13-16H2,1-5H3,(H2,23,24,25). The van der Waals surface area contributed by atoms with Gasteiger partial charge < -0.3 is 25.0 Å². The molecule has 1 fully saturated rings. The smallest absolute Gasteiger partial charge is 0.191 e.